The Morgan fingerprint density at radius 2 is 1.88 bits per heavy atom. The van der Waals surface area contributed by atoms with Crippen LogP contribution in [0.1, 0.15) is 57.5 Å². The number of amides is 1. The van der Waals surface area contributed by atoms with Crippen molar-refractivity contribution in [3.05, 3.63) is 11.4 Å². The van der Waals surface area contributed by atoms with Crippen molar-refractivity contribution < 1.29 is 19.4 Å². The summed E-state index contributed by atoms with van der Waals surface area (Å²) in [6.07, 6.45) is 3.04. The number of carboxylic acid groups (broad SMARTS) is 1. The molecule has 1 fully saturated rings. The summed E-state index contributed by atoms with van der Waals surface area (Å²) in [6.45, 7) is 6.79. The van der Waals surface area contributed by atoms with E-state index < -0.39 is 11.6 Å². The second-order valence-corrected chi connectivity index (χ2v) is 7.90. The normalized spacial score (nSPS) is 21.7. The molecule has 0 spiro atoms. The zero-order chi connectivity index (χ0) is 18.2. The van der Waals surface area contributed by atoms with Gasteiger partial charge in [0.05, 0.1) is 23.3 Å². The lowest BCUT2D eigenvalue weighted by Gasteiger charge is -2.34. The predicted molar refractivity (Wildman–Crippen MR) is 89.3 cm³/mol. The molecule has 1 N–H and O–H groups in total. The monoisotopic (exact) mass is 350 g/mol. The number of ether oxygens (including phenoxy) is 1. The van der Waals surface area contributed by atoms with Crippen LogP contribution < -0.4 is 0 Å². The van der Waals surface area contributed by atoms with E-state index in [1.807, 2.05) is 25.5 Å². The Morgan fingerprint density at radius 3 is 2.48 bits per heavy atom. The molecule has 138 valence electrons. The lowest BCUT2D eigenvalue weighted by molar-refractivity contribution is -0.142. The number of rotatable bonds is 2. The number of piperidine rings is 1. The first-order chi connectivity index (χ1) is 11.7. The zero-order valence-electron chi connectivity index (χ0n) is 15.1. The van der Waals surface area contributed by atoms with Crippen LogP contribution in [0.15, 0.2) is 0 Å². The number of likely N-dealkylation sites (tertiary alicyclic amines) is 1. The van der Waals surface area contributed by atoms with Crippen LogP contribution in [-0.4, -0.2) is 55.8 Å². The van der Waals surface area contributed by atoms with E-state index in [9.17, 15) is 14.7 Å². The number of hydrogen-bond donors (Lipinski definition) is 1. The smallest absolute Gasteiger partial charge is 0.410 e. The van der Waals surface area contributed by atoms with Gasteiger partial charge in [0, 0.05) is 19.5 Å². The van der Waals surface area contributed by atoms with Gasteiger partial charge in [-0.3, -0.25) is 4.79 Å². The van der Waals surface area contributed by atoms with Crippen molar-refractivity contribution in [1.82, 2.24) is 19.9 Å². The summed E-state index contributed by atoms with van der Waals surface area (Å²) in [7, 11) is 0. The van der Waals surface area contributed by atoms with Crippen molar-refractivity contribution in [3.63, 3.8) is 0 Å². The van der Waals surface area contributed by atoms with Crippen LogP contribution in [0.4, 0.5) is 4.79 Å². The molecule has 0 unspecified atom stereocenters. The van der Waals surface area contributed by atoms with Crippen LogP contribution in [0.25, 0.3) is 0 Å². The van der Waals surface area contributed by atoms with Gasteiger partial charge >= 0.3 is 12.1 Å². The fourth-order valence-electron chi connectivity index (χ4n) is 3.52. The third-order valence-electron chi connectivity index (χ3n) is 4.85. The first-order valence-electron chi connectivity index (χ1n) is 8.88. The maximum absolute atomic E-state index is 12.2. The van der Waals surface area contributed by atoms with Crippen molar-refractivity contribution in [2.75, 3.05) is 13.1 Å². The van der Waals surface area contributed by atoms with E-state index in [-0.39, 0.29) is 18.1 Å². The number of aryl methyl sites for hydroxylation is 1. The van der Waals surface area contributed by atoms with Gasteiger partial charge in [-0.1, -0.05) is 5.21 Å². The van der Waals surface area contributed by atoms with E-state index in [4.69, 9.17) is 4.74 Å². The fraction of sp³-hybridized carbons (Fsp3) is 0.765. The Bertz CT molecular complexity index is 656. The number of carboxylic acids is 1. The molecule has 0 saturated carbocycles. The van der Waals surface area contributed by atoms with Crippen LogP contribution in [0.3, 0.4) is 0 Å². The number of aliphatic carboxylic acids is 1. The van der Waals surface area contributed by atoms with Gasteiger partial charge in [-0.15, -0.1) is 5.10 Å². The molecule has 1 amide bonds. The third-order valence-corrected chi connectivity index (χ3v) is 4.85. The molecule has 8 heteroatoms. The van der Waals surface area contributed by atoms with E-state index in [1.54, 1.807) is 4.90 Å². The lowest BCUT2D eigenvalue weighted by Crippen LogP contribution is -2.42. The summed E-state index contributed by atoms with van der Waals surface area (Å²) in [5.41, 5.74) is 1.38. The summed E-state index contributed by atoms with van der Waals surface area (Å²) in [6, 6.07) is 0.155. The van der Waals surface area contributed by atoms with Crippen LogP contribution in [0.2, 0.25) is 0 Å². The Balaban J connectivity index is 1.64. The molecule has 1 aromatic heterocycles. The Hall–Kier alpha value is -2.12. The van der Waals surface area contributed by atoms with Gasteiger partial charge in [0.25, 0.3) is 0 Å². The topological polar surface area (TPSA) is 97.5 Å². The molecule has 2 aliphatic rings. The molecule has 1 aromatic rings. The van der Waals surface area contributed by atoms with Crippen LogP contribution >= 0.6 is 0 Å². The second kappa shape index (κ2) is 6.65. The highest BCUT2D eigenvalue weighted by Crippen LogP contribution is 2.30. The van der Waals surface area contributed by atoms with Crippen LogP contribution in [-0.2, 0) is 22.4 Å². The molecule has 1 aliphatic carbocycles. The van der Waals surface area contributed by atoms with Crippen LogP contribution in [0, 0.1) is 5.92 Å². The number of nitrogens with zero attached hydrogens (tertiary/aromatic N) is 4. The first-order valence-corrected chi connectivity index (χ1v) is 8.88. The molecule has 2 heterocycles. The van der Waals surface area contributed by atoms with E-state index in [2.05, 4.69) is 10.3 Å². The van der Waals surface area contributed by atoms with E-state index >= 15 is 0 Å². The molecule has 0 bridgehead atoms. The molecule has 8 nitrogen and oxygen atoms in total. The lowest BCUT2D eigenvalue weighted by atomic mass is 9.89. The maximum atomic E-state index is 12.2. The molecule has 1 atom stereocenters. The second-order valence-electron chi connectivity index (χ2n) is 7.90. The molecule has 0 aromatic carbocycles. The average Bonchev–Trinajstić information content (AvgIpc) is 2.96. The summed E-state index contributed by atoms with van der Waals surface area (Å²) in [5.74, 6) is -1.11. The molecule has 1 saturated heterocycles. The van der Waals surface area contributed by atoms with Crippen LogP contribution in [0.5, 0.6) is 0 Å². The van der Waals surface area contributed by atoms with E-state index in [0.29, 0.717) is 32.4 Å². The van der Waals surface area contributed by atoms with Gasteiger partial charge in [0.1, 0.15) is 5.60 Å². The van der Waals surface area contributed by atoms with Crippen molar-refractivity contribution in [3.8, 4) is 0 Å². The van der Waals surface area contributed by atoms with E-state index in [0.717, 1.165) is 24.2 Å². The fourth-order valence-corrected chi connectivity index (χ4v) is 3.52. The molecule has 3 rings (SSSR count). The number of hydrogen-bond acceptors (Lipinski definition) is 5. The van der Waals surface area contributed by atoms with Crippen molar-refractivity contribution in [1.29, 1.82) is 0 Å². The molecule has 0 radical (unpaired) electrons. The highest BCUT2D eigenvalue weighted by Gasteiger charge is 2.33. The Morgan fingerprint density at radius 1 is 1.20 bits per heavy atom. The van der Waals surface area contributed by atoms with E-state index in [1.165, 1.54) is 0 Å². The molecule has 1 aliphatic heterocycles. The van der Waals surface area contributed by atoms with Gasteiger partial charge in [-0.05, 0) is 46.5 Å². The average molecular weight is 350 g/mol. The number of carbonyl (C=O) groups is 2. The predicted octanol–water partition coefficient (Wildman–Crippen LogP) is 2.04. The Labute approximate surface area is 147 Å². The summed E-state index contributed by atoms with van der Waals surface area (Å²) in [5, 5.41) is 17.8. The summed E-state index contributed by atoms with van der Waals surface area (Å²) >= 11 is 0. The van der Waals surface area contributed by atoms with Gasteiger partial charge in [0.2, 0.25) is 0 Å². The number of carbonyl (C=O) groups excluding carboxylic acids is 1. The molecule has 25 heavy (non-hydrogen) atoms. The highest BCUT2D eigenvalue weighted by molar-refractivity contribution is 5.70. The first kappa shape index (κ1) is 17.7. The van der Waals surface area contributed by atoms with Gasteiger partial charge < -0.3 is 14.7 Å². The minimum absolute atomic E-state index is 0.155. The van der Waals surface area contributed by atoms with Gasteiger partial charge in [-0.2, -0.15) is 0 Å². The minimum Gasteiger partial charge on any atom is -0.481 e. The zero-order valence-corrected chi connectivity index (χ0v) is 15.1. The highest BCUT2D eigenvalue weighted by atomic mass is 16.6. The van der Waals surface area contributed by atoms with Crippen molar-refractivity contribution in [2.24, 2.45) is 5.92 Å². The summed E-state index contributed by atoms with van der Waals surface area (Å²) in [4.78, 5) is 25.2. The maximum Gasteiger partial charge on any atom is 0.410 e. The molecular weight excluding hydrogens is 324 g/mol. The quantitative estimate of drug-likeness (QED) is 0.876. The molecular formula is C17H26N4O4. The number of fused-ring (bicyclic) bond motifs is 1. The Kier molecular flexibility index (Phi) is 4.71. The minimum atomic E-state index is -0.752. The van der Waals surface area contributed by atoms with Crippen molar-refractivity contribution in [2.45, 2.75) is 64.5 Å². The van der Waals surface area contributed by atoms with Gasteiger partial charge in [-0.25, -0.2) is 9.48 Å². The largest absolute Gasteiger partial charge is 0.481 e. The third kappa shape index (κ3) is 3.93. The standard InChI is InChI=1S/C17H26N4O4/c1-17(2,3)25-16(24)20-8-6-12(7-9-20)21-14-10-11(15(22)23)4-5-13(14)18-19-21/h11-12H,4-10H2,1-3H3,(H,22,23)/t11-/m0/s1. The van der Waals surface area contributed by atoms with Gasteiger partial charge in [0.15, 0.2) is 0 Å². The van der Waals surface area contributed by atoms with Crippen molar-refractivity contribution >= 4 is 12.1 Å². The summed E-state index contributed by atoms with van der Waals surface area (Å²) < 4.78 is 7.32. The number of aromatic nitrogens is 3. The SMILES string of the molecule is CC(C)(C)OC(=O)N1CCC(n2nnc3c2C[C@@H](C(=O)O)CC3)CC1.